The van der Waals surface area contributed by atoms with Crippen LogP contribution >= 0.6 is 11.8 Å². The van der Waals surface area contributed by atoms with Crippen LogP contribution in [0.1, 0.15) is 44.5 Å². The molecule has 0 bridgehead atoms. The van der Waals surface area contributed by atoms with Gasteiger partial charge < -0.3 is 9.80 Å². The van der Waals surface area contributed by atoms with E-state index in [1.807, 2.05) is 11.8 Å². The van der Waals surface area contributed by atoms with E-state index in [2.05, 4.69) is 183 Å². The predicted octanol–water partition coefficient (Wildman–Crippen LogP) is 11.5. The Balaban J connectivity index is 1.19. The van der Waals surface area contributed by atoms with E-state index in [0.29, 0.717) is 0 Å². The molecule has 0 N–H and O–H groups in total. The average Bonchev–Trinajstić information content (AvgIpc) is 3.09. The fraction of sp³-hybridized carbons (Fsp3) is 0.182. The lowest BCUT2D eigenvalue weighted by Gasteiger charge is -2.27. The zero-order valence-electron chi connectivity index (χ0n) is 28.0. The average molecular weight is 633 g/mol. The largest absolute Gasteiger partial charge is 0.363 e. The Hall–Kier alpha value is -4.73. The fourth-order valence-corrected chi connectivity index (χ4v) is 6.85. The van der Waals surface area contributed by atoms with Gasteiger partial charge in [0.15, 0.2) is 0 Å². The van der Waals surface area contributed by atoms with E-state index in [0.717, 1.165) is 26.2 Å². The SMILES string of the molecule is Cc1ccccc1CN(Cc1ccccc1C)c1ccc(Sc2ccc(N(Cc3ccccc3C)Cc3ccccc3C)cc2)cc1. The standard InChI is InChI=1S/C44H44N2S/c1-33-13-5-9-17-37(33)29-45(30-38-18-10-6-14-34(38)2)41-21-25-43(26-22-41)47-44-27-23-42(24-28-44)46(31-39-19-11-7-15-35(39)3)32-40-20-12-8-16-36(40)4/h5-28H,29-32H2,1-4H3. The Morgan fingerprint density at radius 3 is 0.851 bits per heavy atom. The predicted molar refractivity (Wildman–Crippen MR) is 201 cm³/mol. The monoisotopic (exact) mass is 632 g/mol. The summed E-state index contributed by atoms with van der Waals surface area (Å²) in [6.45, 7) is 12.3. The number of hydrogen-bond donors (Lipinski definition) is 0. The second kappa shape index (κ2) is 15.2. The maximum atomic E-state index is 2.49. The summed E-state index contributed by atoms with van der Waals surface area (Å²) < 4.78 is 0. The van der Waals surface area contributed by atoms with Gasteiger partial charge in [0.2, 0.25) is 0 Å². The zero-order chi connectivity index (χ0) is 32.6. The van der Waals surface area contributed by atoms with E-state index >= 15 is 0 Å². The number of benzene rings is 6. The Kier molecular flexibility index (Phi) is 10.4. The summed E-state index contributed by atoms with van der Waals surface area (Å²) in [6, 6.07) is 53.0. The van der Waals surface area contributed by atoms with Gasteiger partial charge >= 0.3 is 0 Å². The van der Waals surface area contributed by atoms with Crippen LogP contribution in [0.25, 0.3) is 0 Å². The number of nitrogens with zero attached hydrogens (tertiary/aromatic N) is 2. The molecular weight excluding hydrogens is 589 g/mol. The zero-order valence-corrected chi connectivity index (χ0v) is 28.8. The summed E-state index contributed by atoms with van der Waals surface area (Å²) >= 11 is 1.82. The maximum absolute atomic E-state index is 2.49. The maximum Gasteiger partial charge on any atom is 0.0435 e. The number of anilines is 2. The van der Waals surface area contributed by atoms with Gasteiger partial charge in [-0.1, -0.05) is 109 Å². The van der Waals surface area contributed by atoms with Gasteiger partial charge in [-0.25, -0.2) is 0 Å². The summed E-state index contributed by atoms with van der Waals surface area (Å²) in [4.78, 5) is 7.46. The summed E-state index contributed by atoms with van der Waals surface area (Å²) in [6.07, 6.45) is 0. The van der Waals surface area contributed by atoms with Gasteiger partial charge in [0.1, 0.15) is 0 Å². The van der Waals surface area contributed by atoms with Crippen LogP contribution in [-0.2, 0) is 26.2 Å². The Bertz CT molecular complexity index is 1670. The van der Waals surface area contributed by atoms with Gasteiger partial charge in [0.25, 0.3) is 0 Å². The van der Waals surface area contributed by atoms with Gasteiger partial charge in [0, 0.05) is 47.3 Å². The van der Waals surface area contributed by atoms with Crippen molar-refractivity contribution in [2.75, 3.05) is 9.80 Å². The molecule has 0 unspecified atom stereocenters. The highest BCUT2D eigenvalue weighted by atomic mass is 32.2. The van der Waals surface area contributed by atoms with Crippen molar-refractivity contribution in [3.05, 3.63) is 190 Å². The van der Waals surface area contributed by atoms with Crippen LogP contribution in [0.2, 0.25) is 0 Å². The summed E-state index contributed by atoms with van der Waals surface area (Å²) in [5.74, 6) is 0. The van der Waals surface area contributed by atoms with Crippen molar-refractivity contribution in [1.82, 2.24) is 0 Å². The highest BCUT2D eigenvalue weighted by Crippen LogP contribution is 2.33. The molecule has 0 heterocycles. The molecule has 6 aromatic rings. The lowest BCUT2D eigenvalue weighted by atomic mass is 10.1. The van der Waals surface area contributed by atoms with Crippen molar-refractivity contribution >= 4 is 23.1 Å². The lowest BCUT2D eigenvalue weighted by molar-refractivity contribution is 0.791. The number of aryl methyl sites for hydroxylation is 4. The van der Waals surface area contributed by atoms with Gasteiger partial charge in [-0.3, -0.25) is 0 Å². The molecule has 0 atom stereocenters. The molecule has 0 saturated carbocycles. The van der Waals surface area contributed by atoms with Crippen molar-refractivity contribution in [2.45, 2.75) is 63.7 Å². The van der Waals surface area contributed by atoms with Crippen LogP contribution in [0.4, 0.5) is 11.4 Å². The van der Waals surface area contributed by atoms with Crippen LogP contribution in [0, 0.1) is 27.7 Å². The van der Waals surface area contributed by atoms with Crippen LogP contribution in [-0.4, -0.2) is 0 Å². The third-order valence-electron chi connectivity index (χ3n) is 9.13. The normalized spacial score (nSPS) is 11.0. The van der Waals surface area contributed by atoms with Gasteiger partial charge in [0.05, 0.1) is 0 Å². The van der Waals surface area contributed by atoms with E-state index in [1.54, 1.807) is 0 Å². The molecule has 0 aliphatic heterocycles. The third-order valence-corrected chi connectivity index (χ3v) is 10.1. The Morgan fingerprint density at radius 2 is 0.596 bits per heavy atom. The van der Waals surface area contributed by atoms with E-state index in [-0.39, 0.29) is 0 Å². The molecule has 0 radical (unpaired) electrons. The molecule has 0 aliphatic carbocycles. The van der Waals surface area contributed by atoms with E-state index < -0.39 is 0 Å². The van der Waals surface area contributed by atoms with Crippen molar-refractivity contribution in [3.8, 4) is 0 Å². The van der Waals surface area contributed by atoms with E-state index in [4.69, 9.17) is 0 Å². The topological polar surface area (TPSA) is 6.48 Å². The molecule has 236 valence electrons. The molecule has 0 aromatic heterocycles. The van der Waals surface area contributed by atoms with Crippen LogP contribution in [0.3, 0.4) is 0 Å². The molecule has 6 aromatic carbocycles. The highest BCUT2D eigenvalue weighted by Gasteiger charge is 2.14. The molecule has 0 amide bonds. The summed E-state index contributed by atoms with van der Waals surface area (Å²) in [5.41, 5.74) is 13.2. The quantitative estimate of drug-likeness (QED) is 0.133. The first-order chi connectivity index (χ1) is 22.9. The molecule has 0 fully saturated rings. The summed E-state index contributed by atoms with van der Waals surface area (Å²) in [5, 5.41) is 0. The van der Waals surface area contributed by atoms with Gasteiger partial charge in [-0.2, -0.15) is 0 Å². The molecule has 6 rings (SSSR count). The van der Waals surface area contributed by atoms with Crippen molar-refractivity contribution in [2.24, 2.45) is 0 Å². The van der Waals surface area contributed by atoms with Gasteiger partial charge in [-0.15, -0.1) is 0 Å². The fourth-order valence-electron chi connectivity index (χ4n) is 6.04. The highest BCUT2D eigenvalue weighted by molar-refractivity contribution is 7.99. The van der Waals surface area contributed by atoms with Crippen LogP contribution in [0.5, 0.6) is 0 Å². The number of hydrogen-bond acceptors (Lipinski definition) is 3. The minimum atomic E-state index is 0.871. The third kappa shape index (κ3) is 8.36. The van der Waals surface area contributed by atoms with E-state index in [9.17, 15) is 0 Å². The molecular formula is C44H44N2S. The second-order valence-corrected chi connectivity index (χ2v) is 13.7. The first kappa shape index (κ1) is 32.2. The van der Waals surface area contributed by atoms with Crippen LogP contribution < -0.4 is 9.80 Å². The van der Waals surface area contributed by atoms with Crippen molar-refractivity contribution < 1.29 is 0 Å². The van der Waals surface area contributed by atoms with E-state index in [1.165, 1.54) is 65.7 Å². The molecule has 0 aliphatic rings. The first-order valence-corrected chi connectivity index (χ1v) is 17.3. The molecule has 2 nitrogen and oxygen atoms in total. The Labute approximate surface area is 285 Å². The minimum absolute atomic E-state index is 0.871. The van der Waals surface area contributed by atoms with Crippen molar-refractivity contribution in [1.29, 1.82) is 0 Å². The molecule has 0 spiro atoms. The lowest BCUT2D eigenvalue weighted by Crippen LogP contribution is -2.23. The van der Waals surface area contributed by atoms with Crippen molar-refractivity contribution in [3.63, 3.8) is 0 Å². The van der Waals surface area contributed by atoms with Gasteiger partial charge in [-0.05, 0) is 121 Å². The Morgan fingerprint density at radius 1 is 0.340 bits per heavy atom. The number of rotatable bonds is 12. The molecule has 0 saturated heterocycles. The molecule has 47 heavy (non-hydrogen) atoms. The smallest absolute Gasteiger partial charge is 0.0435 e. The minimum Gasteiger partial charge on any atom is -0.363 e. The first-order valence-electron chi connectivity index (χ1n) is 16.5. The second-order valence-electron chi connectivity index (χ2n) is 12.5. The summed E-state index contributed by atoms with van der Waals surface area (Å²) in [7, 11) is 0. The van der Waals surface area contributed by atoms with Crippen LogP contribution in [0.15, 0.2) is 155 Å². The molecule has 3 heteroatoms.